The largest absolute Gasteiger partial charge is 0.350 e. The summed E-state index contributed by atoms with van der Waals surface area (Å²) in [5.41, 5.74) is 0.675. The van der Waals surface area contributed by atoms with Crippen molar-refractivity contribution in [1.82, 2.24) is 15.2 Å². The number of hydrogen-bond donors (Lipinski definition) is 1. The smallest absolute Gasteiger partial charge is 0.251 e. The van der Waals surface area contributed by atoms with Crippen LogP contribution >= 0.6 is 0 Å². The Balaban J connectivity index is 1.80. The van der Waals surface area contributed by atoms with Crippen molar-refractivity contribution in [1.29, 1.82) is 0 Å². The van der Waals surface area contributed by atoms with E-state index in [9.17, 15) is 4.79 Å². The van der Waals surface area contributed by atoms with E-state index in [1.807, 2.05) is 0 Å². The maximum Gasteiger partial charge on any atom is 0.251 e. The molecule has 1 fully saturated rings. The number of nitrogens with zero attached hydrogens (tertiary/aromatic N) is 2. The number of likely N-dealkylation sites (tertiary alicyclic amines) is 1. The third-order valence-electron chi connectivity index (χ3n) is 3.81. The first-order chi connectivity index (χ1) is 9.16. The fraction of sp³-hybridized carbons (Fsp3) is 0.600. The summed E-state index contributed by atoms with van der Waals surface area (Å²) in [7, 11) is 0. The molecule has 1 aliphatic heterocycles. The van der Waals surface area contributed by atoms with Crippen molar-refractivity contribution in [3.05, 3.63) is 30.1 Å². The van der Waals surface area contributed by atoms with Crippen molar-refractivity contribution in [3.8, 4) is 0 Å². The fourth-order valence-electron chi connectivity index (χ4n) is 2.60. The van der Waals surface area contributed by atoms with Crippen LogP contribution in [0.4, 0.5) is 0 Å². The van der Waals surface area contributed by atoms with Crippen molar-refractivity contribution in [2.24, 2.45) is 5.92 Å². The van der Waals surface area contributed by atoms with Gasteiger partial charge < -0.3 is 5.32 Å². The summed E-state index contributed by atoms with van der Waals surface area (Å²) in [5.74, 6) is 0.756. The number of hydrogen-bond acceptors (Lipinski definition) is 3. The highest BCUT2D eigenvalue weighted by Crippen LogP contribution is 2.17. The van der Waals surface area contributed by atoms with E-state index < -0.39 is 0 Å². The molecule has 0 bridgehead atoms. The van der Waals surface area contributed by atoms with Gasteiger partial charge in [-0.1, -0.05) is 6.92 Å². The number of nitrogens with one attached hydrogen (secondary N) is 1. The van der Waals surface area contributed by atoms with Gasteiger partial charge in [-0.25, -0.2) is 0 Å². The predicted molar refractivity (Wildman–Crippen MR) is 76.0 cm³/mol. The molecule has 2 atom stereocenters. The van der Waals surface area contributed by atoms with Crippen LogP contribution in [-0.2, 0) is 0 Å². The van der Waals surface area contributed by atoms with Crippen LogP contribution < -0.4 is 5.32 Å². The second kappa shape index (κ2) is 6.66. The van der Waals surface area contributed by atoms with Crippen molar-refractivity contribution < 1.29 is 4.79 Å². The van der Waals surface area contributed by atoms with Crippen molar-refractivity contribution in [2.75, 3.05) is 19.6 Å². The average molecular weight is 261 g/mol. The third kappa shape index (κ3) is 4.03. The van der Waals surface area contributed by atoms with Crippen molar-refractivity contribution >= 4 is 5.91 Å². The van der Waals surface area contributed by atoms with Crippen LogP contribution in [0, 0.1) is 5.92 Å². The van der Waals surface area contributed by atoms with Crippen molar-refractivity contribution in [2.45, 2.75) is 32.7 Å². The molecule has 1 saturated heterocycles. The average Bonchev–Trinajstić information content (AvgIpc) is 2.45. The molecule has 0 aliphatic carbocycles. The molecular weight excluding hydrogens is 238 g/mol. The topological polar surface area (TPSA) is 45.2 Å². The summed E-state index contributed by atoms with van der Waals surface area (Å²) in [6.45, 7) is 7.48. The molecular formula is C15H23N3O. The normalized spacial score (nSPS) is 21.9. The third-order valence-corrected chi connectivity index (χ3v) is 3.81. The monoisotopic (exact) mass is 261 g/mol. The quantitative estimate of drug-likeness (QED) is 0.901. The minimum Gasteiger partial charge on any atom is -0.350 e. The van der Waals surface area contributed by atoms with Crippen LogP contribution in [0.15, 0.2) is 24.5 Å². The molecule has 4 heteroatoms. The predicted octanol–water partition coefficient (Wildman–Crippen LogP) is 1.93. The molecule has 0 unspecified atom stereocenters. The summed E-state index contributed by atoms with van der Waals surface area (Å²) >= 11 is 0. The first-order valence-corrected chi connectivity index (χ1v) is 7.09. The van der Waals surface area contributed by atoms with Gasteiger partial charge in [0.25, 0.3) is 5.91 Å². The highest BCUT2D eigenvalue weighted by Gasteiger charge is 2.21. The van der Waals surface area contributed by atoms with Crippen LogP contribution in [0.3, 0.4) is 0 Å². The molecule has 0 radical (unpaired) electrons. The van der Waals surface area contributed by atoms with Gasteiger partial charge in [-0.3, -0.25) is 14.7 Å². The summed E-state index contributed by atoms with van der Waals surface area (Å²) in [4.78, 5) is 18.3. The van der Waals surface area contributed by atoms with E-state index in [2.05, 4.69) is 29.0 Å². The van der Waals surface area contributed by atoms with E-state index in [0.717, 1.165) is 19.0 Å². The minimum atomic E-state index is -0.0145. The second-order valence-corrected chi connectivity index (χ2v) is 5.54. The molecule has 0 saturated carbocycles. The maximum atomic E-state index is 11.9. The Hall–Kier alpha value is -1.42. The lowest BCUT2D eigenvalue weighted by atomic mass is 9.99. The number of carbonyl (C=O) groups is 1. The van der Waals surface area contributed by atoms with Crippen LogP contribution in [-0.4, -0.2) is 41.5 Å². The Kier molecular flexibility index (Phi) is 4.91. The van der Waals surface area contributed by atoms with Gasteiger partial charge in [-0.15, -0.1) is 0 Å². The molecule has 0 spiro atoms. The zero-order chi connectivity index (χ0) is 13.7. The molecule has 0 aromatic carbocycles. The molecule has 1 aromatic rings. The van der Waals surface area contributed by atoms with Gasteiger partial charge in [0.1, 0.15) is 0 Å². The standard InChI is InChI=1S/C15H23N3O/c1-12-4-3-9-18(11-12)13(2)10-17-15(19)14-5-7-16-8-6-14/h5-8,12-13H,3-4,9-11H2,1-2H3,(H,17,19)/t12-,13+/m0/s1. The maximum absolute atomic E-state index is 11.9. The molecule has 2 rings (SSSR count). The van der Waals surface area contributed by atoms with Gasteiger partial charge in [-0.05, 0) is 44.4 Å². The Bertz CT molecular complexity index is 407. The molecule has 2 heterocycles. The molecule has 1 aliphatic rings. The summed E-state index contributed by atoms with van der Waals surface area (Å²) < 4.78 is 0. The lowest BCUT2D eigenvalue weighted by Gasteiger charge is -2.35. The van der Waals surface area contributed by atoms with Gasteiger partial charge in [-0.2, -0.15) is 0 Å². The highest BCUT2D eigenvalue weighted by molar-refractivity contribution is 5.93. The molecule has 1 amide bonds. The highest BCUT2D eigenvalue weighted by atomic mass is 16.1. The van der Waals surface area contributed by atoms with Gasteiger partial charge in [0, 0.05) is 37.1 Å². The molecule has 4 nitrogen and oxygen atoms in total. The second-order valence-electron chi connectivity index (χ2n) is 5.54. The van der Waals surface area contributed by atoms with Crippen LogP contribution in [0.25, 0.3) is 0 Å². The molecule has 1 aromatic heterocycles. The number of pyridine rings is 1. The van der Waals surface area contributed by atoms with Crippen LogP contribution in [0.2, 0.25) is 0 Å². The molecule has 104 valence electrons. The van der Waals surface area contributed by atoms with Crippen LogP contribution in [0.1, 0.15) is 37.0 Å². The number of amides is 1. The number of rotatable bonds is 4. The Labute approximate surface area is 115 Å². The zero-order valence-corrected chi connectivity index (χ0v) is 11.8. The van der Waals surface area contributed by atoms with E-state index in [0.29, 0.717) is 18.2 Å². The molecule has 19 heavy (non-hydrogen) atoms. The lowest BCUT2D eigenvalue weighted by Crippen LogP contribution is -2.46. The first-order valence-electron chi connectivity index (χ1n) is 7.09. The lowest BCUT2D eigenvalue weighted by molar-refractivity contribution is 0.0917. The zero-order valence-electron chi connectivity index (χ0n) is 11.8. The summed E-state index contributed by atoms with van der Waals surface area (Å²) in [6, 6.07) is 3.87. The number of piperidine rings is 1. The Morgan fingerprint density at radius 2 is 2.26 bits per heavy atom. The minimum absolute atomic E-state index is 0.0145. The molecule has 1 N–H and O–H groups in total. The van der Waals surface area contributed by atoms with E-state index >= 15 is 0 Å². The fourth-order valence-corrected chi connectivity index (χ4v) is 2.60. The van der Waals surface area contributed by atoms with E-state index in [1.54, 1.807) is 24.5 Å². The Morgan fingerprint density at radius 1 is 1.53 bits per heavy atom. The van der Waals surface area contributed by atoms with Crippen LogP contribution in [0.5, 0.6) is 0 Å². The van der Waals surface area contributed by atoms with E-state index in [1.165, 1.54) is 12.8 Å². The SMILES string of the molecule is C[C@H]1CCCN([C@H](C)CNC(=O)c2ccncc2)C1. The van der Waals surface area contributed by atoms with Gasteiger partial charge in [0.2, 0.25) is 0 Å². The Morgan fingerprint density at radius 3 is 2.95 bits per heavy atom. The first kappa shape index (κ1) is 14.0. The van der Waals surface area contributed by atoms with Gasteiger partial charge in [0.05, 0.1) is 0 Å². The van der Waals surface area contributed by atoms with Gasteiger partial charge in [0.15, 0.2) is 0 Å². The van der Waals surface area contributed by atoms with Gasteiger partial charge >= 0.3 is 0 Å². The van der Waals surface area contributed by atoms with E-state index in [4.69, 9.17) is 0 Å². The number of aromatic nitrogens is 1. The van der Waals surface area contributed by atoms with E-state index in [-0.39, 0.29) is 5.91 Å². The van der Waals surface area contributed by atoms with Crippen molar-refractivity contribution in [3.63, 3.8) is 0 Å². The summed E-state index contributed by atoms with van der Waals surface area (Å²) in [5, 5.41) is 3.00. The number of carbonyl (C=O) groups excluding carboxylic acids is 1. The summed E-state index contributed by atoms with van der Waals surface area (Å²) in [6.07, 6.45) is 5.88.